The van der Waals surface area contributed by atoms with Crippen LogP contribution in [0.25, 0.3) is 21.1 Å². The van der Waals surface area contributed by atoms with Crippen LogP contribution in [0.5, 0.6) is 0 Å². The fraction of sp³-hybridized carbons (Fsp3) is 0.214. The molecule has 1 N–H and O–H groups in total. The van der Waals surface area contributed by atoms with Gasteiger partial charge in [0.05, 0.1) is 10.4 Å². The van der Waals surface area contributed by atoms with Gasteiger partial charge in [-0.15, -0.1) is 11.3 Å². The van der Waals surface area contributed by atoms with Crippen LogP contribution in [0.1, 0.15) is 23.5 Å². The second-order valence-electron chi connectivity index (χ2n) is 4.69. The van der Waals surface area contributed by atoms with Gasteiger partial charge in [0.1, 0.15) is 4.83 Å². The van der Waals surface area contributed by atoms with Gasteiger partial charge in [0.15, 0.2) is 0 Å². The van der Waals surface area contributed by atoms with E-state index in [4.69, 9.17) is 0 Å². The molecule has 0 aliphatic heterocycles. The van der Waals surface area contributed by atoms with E-state index in [0.29, 0.717) is 4.88 Å². The van der Waals surface area contributed by atoms with Gasteiger partial charge in [-0.05, 0) is 32.0 Å². The zero-order valence-electron chi connectivity index (χ0n) is 10.7. The number of aromatic nitrogens is 2. The van der Waals surface area contributed by atoms with E-state index < -0.39 is 0 Å². The van der Waals surface area contributed by atoms with Crippen molar-refractivity contribution >= 4 is 38.4 Å². The molecule has 0 fully saturated rings. The van der Waals surface area contributed by atoms with Crippen LogP contribution < -0.4 is 5.32 Å². The Morgan fingerprint density at radius 1 is 1.32 bits per heavy atom. The molecule has 4 nitrogen and oxygen atoms in total. The molecule has 0 unspecified atom stereocenters. The first-order chi connectivity index (χ1) is 9.13. The highest BCUT2D eigenvalue weighted by Crippen LogP contribution is 2.27. The highest BCUT2D eigenvalue weighted by atomic mass is 32.1. The van der Waals surface area contributed by atoms with Gasteiger partial charge in [-0.1, -0.05) is 0 Å². The highest BCUT2D eigenvalue weighted by Gasteiger charge is 2.12. The second kappa shape index (κ2) is 4.59. The molecule has 0 atom stereocenters. The minimum Gasteiger partial charge on any atom is -0.349 e. The summed E-state index contributed by atoms with van der Waals surface area (Å²) in [7, 11) is 0. The fourth-order valence-electron chi connectivity index (χ4n) is 1.92. The van der Waals surface area contributed by atoms with E-state index in [1.54, 1.807) is 12.4 Å². The van der Waals surface area contributed by atoms with E-state index in [2.05, 4.69) is 15.3 Å². The highest BCUT2D eigenvalue weighted by molar-refractivity contribution is 7.20. The summed E-state index contributed by atoms with van der Waals surface area (Å²) >= 11 is 1.42. The van der Waals surface area contributed by atoms with Crippen molar-refractivity contribution in [3.63, 3.8) is 0 Å². The van der Waals surface area contributed by atoms with Crippen molar-refractivity contribution in [2.45, 2.75) is 19.9 Å². The molecule has 0 saturated heterocycles. The van der Waals surface area contributed by atoms with E-state index in [-0.39, 0.29) is 11.9 Å². The first-order valence-electron chi connectivity index (χ1n) is 6.08. The largest absolute Gasteiger partial charge is 0.349 e. The van der Waals surface area contributed by atoms with Crippen LogP contribution in [-0.2, 0) is 0 Å². The molecule has 0 aromatic carbocycles. The van der Waals surface area contributed by atoms with Gasteiger partial charge in [-0.3, -0.25) is 9.78 Å². The molecule has 19 heavy (non-hydrogen) atoms. The van der Waals surface area contributed by atoms with E-state index >= 15 is 0 Å². The third-order valence-corrected chi connectivity index (χ3v) is 3.79. The molecular formula is C14H13N3OS. The Morgan fingerprint density at radius 2 is 2.16 bits per heavy atom. The number of hydrogen-bond acceptors (Lipinski definition) is 4. The Morgan fingerprint density at radius 3 is 2.95 bits per heavy atom. The number of pyridine rings is 2. The molecule has 0 bridgehead atoms. The van der Waals surface area contributed by atoms with Gasteiger partial charge in [0, 0.05) is 29.2 Å². The van der Waals surface area contributed by atoms with E-state index in [0.717, 1.165) is 21.1 Å². The van der Waals surface area contributed by atoms with Crippen LogP contribution in [0, 0.1) is 0 Å². The Kier molecular flexibility index (Phi) is 2.91. The minimum atomic E-state index is -0.0415. The second-order valence-corrected chi connectivity index (χ2v) is 5.72. The predicted molar refractivity (Wildman–Crippen MR) is 77.5 cm³/mol. The monoisotopic (exact) mass is 271 g/mol. The molecule has 0 aliphatic carbocycles. The SMILES string of the molecule is CC(C)NC(=O)c1cc2cc3cnccc3nc2s1. The summed E-state index contributed by atoms with van der Waals surface area (Å²) < 4.78 is 0. The lowest BCUT2D eigenvalue weighted by atomic mass is 10.2. The summed E-state index contributed by atoms with van der Waals surface area (Å²) in [5, 5.41) is 4.87. The summed E-state index contributed by atoms with van der Waals surface area (Å²) in [6.07, 6.45) is 3.51. The number of carbonyl (C=O) groups excluding carboxylic acids is 1. The summed E-state index contributed by atoms with van der Waals surface area (Å²) in [6.45, 7) is 3.90. The molecule has 3 aromatic heterocycles. The first-order valence-corrected chi connectivity index (χ1v) is 6.90. The van der Waals surface area contributed by atoms with Gasteiger partial charge in [0.25, 0.3) is 5.91 Å². The standard InChI is InChI=1S/C14H13N3OS/c1-8(2)16-13(18)12-6-9-5-10-7-15-4-3-11(10)17-14(9)19-12/h3-8H,1-2H3,(H,16,18). The average Bonchev–Trinajstić information content (AvgIpc) is 2.78. The molecule has 1 amide bonds. The van der Waals surface area contributed by atoms with Crippen molar-refractivity contribution < 1.29 is 4.79 Å². The van der Waals surface area contributed by atoms with Crippen molar-refractivity contribution in [1.29, 1.82) is 0 Å². The molecule has 0 radical (unpaired) electrons. The zero-order chi connectivity index (χ0) is 13.4. The molecule has 3 rings (SSSR count). The molecule has 0 saturated carbocycles. The summed E-state index contributed by atoms with van der Waals surface area (Å²) in [6, 6.07) is 5.92. The Balaban J connectivity index is 2.09. The summed E-state index contributed by atoms with van der Waals surface area (Å²) in [5.74, 6) is -0.0415. The molecule has 96 valence electrons. The normalized spacial score (nSPS) is 11.3. The van der Waals surface area contributed by atoms with Gasteiger partial charge < -0.3 is 5.32 Å². The topological polar surface area (TPSA) is 54.9 Å². The Hall–Kier alpha value is -2.01. The van der Waals surface area contributed by atoms with Crippen LogP contribution in [0.2, 0.25) is 0 Å². The van der Waals surface area contributed by atoms with Gasteiger partial charge in [-0.2, -0.15) is 0 Å². The van der Waals surface area contributed by atoms with Crippen LogP contribution in [0.15, 0.2) is 30.6 Å². The summed E-state index contributed by atoms with van der Waals surface area (Å²) in [4.78, 5) is 22.2. The number of fused-ring (bicyclic) bond motifs is 2. The third-order valence-electron chi connectivity index (χ3n) is 2.74. The van der Waals surface area contributed by atoms with Crippen molar-refractivity contribution in [2.75, 3.05) is 0 Å². The van der Waals surface area contributed by atoms with Crippen LogP contribution >= 0.6 is 11.3 Å². The lowest BCUT2D eigenvalue weighted by Crippen LogP contribution is -2.29. The van der Waals surface area contributed by atoms with Gasteiger partial charge in [-0.25, -0.2) is 4.98 Å². The van der Waals surface area contributed by atoms with E-state index in [9.17, 15) is 4.79 Å². The first kappa shape index (κ1) is 12.0. The number of thiophene rings is 1. The molecule has 0 spiro atoms. The maximum Gasteiger partial charge on any atom is 0.261 e. The quantitative estimate of drug-likeness (QED) is 0.779. The van der Waals surface area contributed by atoms with Crippen LogP contribution in [0.3, 0.4) is 0 Å². The van der Waals surface area contributed by atoms with Crippen molar-refractivity contribution in [3.05, 3.63) is 35.5 Å². The molecule has 5 heteroatoms. The number of nitrogens with one attached hydrogen (secondary N) is 1. The van der Waals surface area contributed by atoms with E-state index in [1.807, 2.05) is 32.0 Å². The van der Waals surface area contributed by atoms with Gasteiger partial charge >= 0.3 is 0 Å². The molecular weight excluding hydrogens is 258 g/mol. The predicted octanol–water partition coefficient (Wildman–Crippen LogP) is 2.98. The summed E-state index contributed by atoms with van der Waals surface area (Å²) in [5.41, 5.74) is 0.903. The van der Waals surface area contributed by atoms with Gasteiger partial charge in [0.2, 0.25) is 0 Å². The number of carbonyl (C=O) groups is 1. The number of nitrogens with zero attached hydrogens (tertiary/aromatic N) is 2. The fourth-order valence-corrected chi connectivity index (χ4v) is 2.85. The number of rotatable bonds is 2. The Bertz CT molecular complexity index is 711. The maximum atomic E-state index is 12.0. The third kappa shape index (κ3) is 2.29. The number of hydrogen-bond donors (Lipinski definition) is 1. The van der Waals surface area contributed by atoms with E-state index in [1.165, 1.54) is 11.3 Å². The average molecular weight is 271 g/mol. The lowest BCUT2D eigenvalue weighted by Gasteiger charge is -2.05. The smallest absolute Gasteiger partial charge is 0.261 e. The Labute approximate surface area is 114 Å². The van der Waals surface area contributed by atoms with Crippen LogP contribution in [-0.4, -0.2) is 21.9 Å². The van der Waals surface area contributed by atoms with Crippen molar-refractivity contribution in [3.8, 4) is 0 Å². The maximum absolute atomic E-state index is 12.0. The van der Waals surface area contributed by atoms with Crippen LogP contribution in [0.4, 0.5) is 0 Å². The number of amides is 1. The lowest BCUT2D eigenvalue weighted by molar-refractivity contribution is 0.0947. The minimum absolute atomic E-state index is 0.0415. The molecule has 3 aromatic rings. The molecule has 0 aliphatic rings. The molecule has 3 heterocycles. The zero-order valence-corrected chi connectivity index (χ0v) is 11.5. The van der Waals surface area contributed by atoms with Crippen molar-refractivity contribution in [2.24, 2.45) is 0 Å². The van der Waals surface area contributed by atoms with Crippen molar-refractivity contribution in [1.82, 2.24) is 15.3 Å².